The van der Waals surface area contributed by atoms with Crippen LogP contribution in [0.15, 0.2) is 52.3 Å². The van der Waals surface area contributed by atoms with E-state index in [0.717, 1.165) is 46.8 Å². The predicted octanol–water partition coefficient (Wildman–Crippen LogP) is 3.25. The van der Waals surface area contributed by atoms with E-state index in [2.05, 4.69) is 0 Å². The number of hydrogen-bond donors (Lipinski definition) is 0. The summed E-state index contributed by atoms with van der Waals surface area (Å²) in [6.07, 6.45) is 0.634. The zero-order valence-corrected chi connectivity index (χ0v) is 16.4. The molecule has 0 aromatic heterocycles. The Bertz CT molecular complexity index is 1060. The molecule has 0 bridgehead atoms. The van der Waals surface area contributed by atoms with E-state index in [1.807, 2.05) is 0 Å². The van der Waals surface area contributed by atoms with Gasteiger partial charge in [0.1, 0.15) is 11.6 Å². The Hall–Kier alpha value is -1.55. The summed E-state index contributed by atoms with van der Waals surface area (Å²) in [5, 5.41) is -1.29. The molecule has 0 saturated carbocycles. The lowest BCUT2D eigenvalue weighted by atomic mass is 10.2. The molecule has 0 N–H and O–H groups in total. The molecule has 1 atom stereocenters. The van der Waals surface area contributed by atoms with Crippen molar-refractivity contribution in [1.82, 2.24) is 4.31 Å². The van der Waals surface area contributed by atoms with Crippen molar-refractivity contribution in [3.05, 3.63) is 59.1 Å². The fourth-order valence-electron chi connectivity index (χ4n) is 2.98. The number of piperidine rings is 1. The number of hydrogen-bond acceptors (Lipinski definition) is 4. The van der Waals surface area contributed by atoms with Crippen LogP contribution in [0.5, 0.6) is 0 Å². The van der Waals surface area contributed by atoms with Crippen LogP contribution in [0.3, 0.4) is 0 Å². The number of benzene rings is 2. The van der Waals surface area contributed by atoms with E-state index in [4.69, 9.17) is 11.6 Å². The molecule has 3 rings (SSSR count). The lowest BCUT2D eigenvalue weighted by molar-refractivity contribution is 0.346. The van der Waals surface area contributed by atoms with Crippen molar-refractivity contribution < 1.29 is 25.6 Å². The highest BCUT2D eigenvalue weighted by molar-refractivity contribution is 7.92. The average Bonchev–Trinajstić information content (AvgIpc) is 2.64. The SMILES string of the molecule is O=S(=O)(c1ccc(F)cc1)C1CCCN(S(=O)(=O)c2ccc(F)c(Cl)c2)C1. The molecular formula is C17H16ClF2NO4S2. The van der Waals surface area contributed by atoms with Crippen LogP contribution in [0.2, 0.25) is 5.02 Å². The van der Waals surface area contributed by atoms with Gasteiger partial charge in [0.05, 0.1) is 20.1 Å². The maximum absolute atomic E-state index is 13.3. The summed E-state index contributed by atoms with van der Waals surface area (Å²) in [7, 11) is -7.85. The highest BCUT2D eigenvalue weighted by atomic mass is 35.5. The molecule has 0 radical (unpaired) electrons. The molecule has 1 aliphatic heterocycles. The highest BCUT2D eigenvalue weighted by Crippen LogP contribution is 2.29. The highest BCUT2D eigenvalue weighted by Gasteiger charge is 2.37. The molecule has 146 valence electrons. The molecule has 1 aliphatic rings. The predicted molar refractivity (Wildman–Crippen MR) is 96.8 cm³/mol. The Kier molecular flexibility index (Phi) is 5.58. The summed E-state index contributed by atoms with van der Waals surface area (Å²) >= 11 is 5.67. The molecular weight excluding hydrogens is 420 g/mol. The van der Waals surface area contributed by atoms with E-state index in [1.165, 1.54) is 0 Å². The quantitative estimate of drug-likeness (QED) is 0.691. The van der Waals surface area contributed by atoms with Gasteiger partial charge in [-0.2, -0.15) is 4.31 Å². The Morgan fingerprint density at radius 1 is 0.963 bits per heavy atom. The molecule has 1 unspecified atom stereocenters. The van der Waals surface area contributed by atoms with E-state index >= 15 is 0 Å². The van der Waals surface area contributed by atoms with Crippen molar-refractivity contribution in [2.24, 2.45) is 0 Å². The van der Waals surface area contributed by atoms with Crippen LogP contribution in [0.25, 0.3) is 0 Å². The molecule has 0 spiro atoms. The lowest BCUT2D eigenvalue weighted by Gasteiger charge is -2.31. The third-order valence-corrected chi connectivity index (χ3v) is 8.79. The summed E-state index contributed by atoms with van der Waals surface area (Å²) in [6, 6.07) is 7.47. The van der Waals surface area contributed by atoms with Crippen molar-refractivity contribution in [2.45, 2.75) is 27.9 Å². The second-order valence-electron chi connectivity index (χ2n) is 6.20. The van der Waals surface area contributed by atoms with E-state index in [9.17, 15) is 25.6 Å². The van der Waals surface area contributed by atoms with Crippen LogP contribution in [0.4, 0.5) is 8.78 Å². The van der Waals surface area contributed by atoms with Crippen LogP contribution in [0, 0.1) is 11.6 Å². The standard InChI is InChI=1S/C17H16ClF2NO4S2/c18-16-10-14(7-8-17(16)20)27(24,25)21-9-1-2-15(11-21)26(22,23)13-5-3-12(19)4-6-13/h3-8,10,15H,1-2,9,11H2. The zero-order valence-electron chi connectivity index (χ0n) is 14.0. The van der Waals surface area contributed by atoms with E-state index in [0.29, 0.717) is 6.42 Å². The first-order valence-electron chi connectivity index (χ1n) is 8.07. The summed E-state index contributed by atoms with van der Waals surface area (Å²) in [5.74, 6) is -1.30. The van der Waals surface area contributed by atoms with Crippen LogP contribution < -0.4 is 0 Å². The number of rotatable bonds is 4. The van der Waals surface area contributed by atoms with Gasteiger partial charge in [-0.05, 0) is 55.3 Å². The summed E-state index contributed by atoms with van der Waals surface area (Å²) < 4.78 is 78.6. The number of sulfone groups is 1. The summed E-state index contributed by atoms with van der Waals surface area (Å²) in [4.78, 5) is -0.258. The Morgan fingerprint density at radius 2 is 1.59 bits per heavy atom. The fraction of sp³-hybridized carbons (Fsp3) is 0.294. The number of halogens is 3. The minimum atomic E-state index is -4.03. The largest absolute Gasteiger partial charge is 0.243 e. The molecule has 10 heteroatoms. The van der Waals surface area contributed by atoms with Crippen molar-refractivity contribution in [1.29, 1.82) is 0 Å². The molecule has 27 heavy (non-hydrogen) atoms. The molecule has 0 aliphatic carbocycles. The van der Waals surface area contributed by atoms with Gasteiger partial charge < -0.3 is 0 Å². The zero-order chi connectivity index (χ0) is 19.8. The summed E-state index contributed by atoms with van der Waals surface area (Å²) in [6.45, 7) is -0.0934. The van der Waals surface area contributed by atoms with Crippen LogP contribution in [0.1, 0.15) is 12.8 Å². The molecule has 1 saturated heterocycles. The maximum atomic E-state index is 13.3. The van der Waals surface area contributed by atoms with E-state index < -0.39 is 36.7 Å². The minimum Gasteiger partial charge on any atom is -0.223 e. The Balaban J connectivity index is 1.89. The van der Waals surface area contributed by atoms with Gasteiger partial charge in [0.2, 0.25) is 10.0 Å². The smallest absolute Gasteiger partial charge is 0.223 e. The minimum absolute atomic E-state index is 0.0574. The van der Waals surface area contributed by atoms with E-state index in [1.54, 1.807) is 0 Å². The van der Waals surface area contributed by atoms with Gasteiger partial charge in [-0.25, -0.2) is 25.6 Å². The van der Waals surface area contributed by atoms with Gasteiger partial charge in [-0.3, -0.25) is 0 Å². The number of sulfonamides is 1. The third-order valence-electron chi connectivity index (χ3n) is 4.45. The molecule has 0 amide bonds. The van der Waals surface area contributed by atoms with Crippen molar-refractivity contribution in [3.63, 3.8) is 0 Å². The van der Waals surface area contributed by atoms with Gasteiger partial charge >= 0.3 is 0 Å². The molecule has 5 nitrogen and oxygen atoms in total. The maximum Gasteiger partial charge on any atom is 0.243 e. The topological polar surface area (TPSA) is 71.5 Å². The first kappa shape index (κ1) is 20.2. The Morgan fingerprint density at radius 3 is 2.22 bits per heavy atom. The number of nitrogens with zero attached hydrogens (tertiary/aromatic N) is 1. The lowest BCUT2D eigenvalue weighted by Crippen LogP contribution is -2.45. The molecule has 1 heterocycles. The van der Waals surface area contributed by atoms with Gasteiger partial charge in [0.25, 0.3) is 0 Å². The third kappa shape index (κ3) is 4.01. The summed E-state index contributed by atoms with van der Waals surface area (Å²) in [5.41, 5.74) is 0. The average molecular weight is 436 g/mol. The van der Waals surface area contributed by atoms with Gasteiger partial charge in [0, 0.05) is 13.1 Å². The van der Waals surface area contributed by atoms with Crippen LogP contribution in [-0.4, -0.2) is 39.5 Å². The van der Waals surface area contributed by atoms with Gasteiger partial charge in [0.15, 0.2) is 9.84 Å². The molecule has 2 aromatic rings. The monoisotopic (exact) mass is 435 g/mol. The van der Waals surface area contributed by atoms with Crippen molar-refractivity contribution in [3.8, 4) is 0 Å². The normalized spacial score (nSPS) is 19.1. The van der Waals surface area contributed by atoms with Crippen molar-refractivity contribution >= 4 is 31.5 Å². The van der Waals surface area contributed by atoms with Gasteiger partial charge in [-0.1, -0.05) is 11.6 Å². The van der Waals surface area contributed by atoms with E-state index in [-0.39, 0.29) is 34.3 Å². The van der Waals surface area contributed by atoms with Crippen LogP contribution >= 0.6 is 11.6 Å². The molecule has 2 aromatic carbocycles. The van der Waals surface area contributed by atoms with Crippen LogP contribution in [-0.2, 0) is 19.9 Å². The fourth-order valence-corrected chi connectivity index (χ4v) is 6.62. The second kappa shape index (κ2) is 7.46. The second-order valence-corrected chi connectivity index (χ2v) is 10.8. The molecule has 1 fully saturated rings. The first-order chi connectivity index (χ1) is 12.6. The van der Waals surface area contributed by atoms with Gasteiger partial charge in [-0.15, -0.1) is 0 Å². The van der Waals surface area contributed by atoms with Crippen molar-refractivity contribution in [2.75, 3.05) is 13.1 Å². The Labute approximate surface area is 161 Å². The first-order valence-corrected chi connectivity index (χ1v) is 11.4.